The summed E-state index contributed by atoms with van der Waals surface area (Å²) in [5.74, 6) is -0.961. The molecule has 0 radical (unpaired) electrons. The molecule has 10 heteroatoms. The molecule has 1 amide bonds. The Hall–Kier alpha value is -1.81. The molecule has 1 N–H and O–H groups in total. The van der Waals surface area contributed by atoms with E-state index in [0.29, 0.717) is 32.2 Å². The lowest BCUT2D eigenvalue weighted by molar-refractivity contribution is -0.274. The van der Waals surface area contributed by atoms with Crippen molar-refractivity contribution in [3.05, 3.63) is 24.3 Å². The zero-order chi connectivity index (χ0) is 18.3. The third-order valence-corrected chi connectivity index (χ3v) is 6.49. The van der Waals surface area contributed by atoms with Crippen molar-refractivity contribution in [1.29, 1.82) is 0 Å². The number of ether oxygens (including phenoxy) is 1. The van der Waals surface area contributed by atoms with Crippen LogP contribution in [0.3, 0.4) is 0 Å². The Morgan fingerprint density at radius 1 is 1.20 bits per heavy atom. The lowest BCUT2D eigenvalue weighted by atomic mass is 9.88. The molecule has 2 aliphatic rings. The fourth-order valence-electron chi connectivity index (χ4n) is 3.50. The van der Waals surface area contributed by atoms with Gasteiger partial charge in [-0.15, -0.1) is 13.2 Å². The van der Waals surface area contributed by atoms with Gasteiger partial charge in [-0.25, -0.2) is 8.42 Å². The Bertz CT molecular complexity index is 781. The van der Waals surface area contributed by atoms with Gasteiger partial charge in [-0.2, -0.15) is 4.31 Å². The van der Waals surface area contributed by atoms with E-state index in [2.05, 4.69) is 10.1 Å². The van der Waals surface area contributed by atoms with E-state index in [1.54, 1.807) is 0 Å². The van der Waals surface area contributed by atoms with E-state index in [4.69, 9.17) is 0 Å². The number of amides is 1. The number of rotatable bonds is 3. The van der Waals surface area contributed by atoms with Gasteiger partial charge in [0.1, 0.15) is 11.3 Å². The molecule has 1 atom stereocenters. The number of carbonyl (C=O) groups excluding carboxylic acids is 1. The number of halogens is 3. The summed E-state index contributed by atoms with van der Waals surface area (Å²) >= 11 is 0. The zero-order valence-electron chi connectivity index (χ0n) is 13.2. The number of hydrogen-bond acceptors (Lipinski definition) is 4. The van der Waals surface area contributed by atoms with Crippen LogP contribution in [0.4, 0.5) is 13.2 Å². The molecule has 0 aromatic heterocycles. The van der Waals surface area contributed by atoms with Crippen molar-refractivity contribution < 1.29 is 31.1 Å². The van der Waals surface area contributed by atoms with Gasteiger partial charge >= 0.3 is 6.36 Å². The first-order valence-electron chi connectivity index (χ1n) is 7.82. The van der Waals surface area contributed by atoms with Gasteiger partial charge in [-0.1, -0.05) is 6.07 Å². The summed E-state index contributed by atoms with van der Waals surface area (Å²) in [6.07, 6.45) is -2.95. The number of alkyl halides is 3. The van der Waals surface area contributed by atoms with Crippen molar-refractivity contribution >= 4 is 15.9 Å². The number of piperidine rings is 1. The van der Waals surface area contributed by atoms with E-state index in [9.17, 15) is 26.4 Å². The van der Waals surface area contributed by atoms with Crippen molar-refractivity contribution in [2.45, 2.75) is 42.5 Å². The van der Waals surface area contributed by atoms with Gasteiger partial charge in [-0.3, -0.25) is 4.79 Å². The summed E-state index contributed by atoms with van der Waals surface area (Å²) in [4.78, 5) is 12.0. The first-order chi connectivity index (χ1) is 11.7. The largest absolute Gasteiger partial charge is 0.573 e. The fourth-order valence-corrected chi connectivity index (χ4v) is 5.37. The highest BCUT2D eigenvalue weighted by atomic mass is 32.2. The van der Waals surface area contributed by atoms with Gasteiger partial charge in [0.25, 0.3) is 0 Å². The van der Waals surface area contributed by atoms with Crippen LogP contribution in [0.5, 0.6) is 5.75 Å². The van der Waals surface area contributed by atoms with Gasteiger partial charge < -0.3 is 10.1 Å². The average Bonchev–Trinajstić information content (AvgIpc) is 2.94. The molecular formula is C15H17F3N2O4S. The molecule has 2 heterocycles. The van der Waals surface area contributed by atoms with Crippen LogP contribution >= 0.6 is 0 Å². The Morgan fingerprint density at radius 2 is 1.92 bits per heavy atom. The molecule has 2 aliphatic heterocycles. The SMILES string of the molecule is O=C1NCCCC12CCCN2S(=O)(=O)c1cccc(OC(F)(F)F)c1. The first-order valence-corrected chi connectivity index (χ1v) is 9.26. The summed E-state index contributed by atoms with van der Waals surface area (Å²) < 4.78 is 68.0. The van der Waals surface area contributed by atoms with Crippen LogP contribution in [-0.4, -0.2) is 43.6 Å². The van der Waals surface area contributed by atoms with E-state index in [0.717, 1.165) is 16.4 Å². The number of carbonyl (C=O) groups is 1. The van der Waals surface area contributed by atoms with Crippen molar-refractivity contribution in [2.75, 3.05) is 13.1 Å². The normalized spacial score (nSPS) is 25.2. The number of hydrogen-bond donors (Lipinski definition) is 1. The molecule has 138 valence electrons. The molecule has 1 spiro atoms. The molecule has 1 aromatic carbocycles. The van der Waals surface area contributed by atoms with Crippen LogP contribution in [0.15, 0.2) is 29.2 Å². The van der Waals surface area contributed by atoms with Crippen LogP contribution in [0.1, 0.15) is 25.7 Å². The van der Waals surface area contributed by atoms with Crippen molar-refractivity contribution in [1.82, 2.24) is 9.62 Å². The van der Waals surface area contributed by atoms with Crippen LogP contribution in [-0.2, 0) is 14.8 Å². The lowest BCUT2D eigenvalue weighted by Gasteiger charge is -2.39. The van der Waals surface area contributed by atoms with Crippen LogP contribution in [0.2, 0.25) is 0 Å². The number of nitrogens with one attached hydrogen (secondary N) is 1. The van der Waals surface area contributed by atoms with E-state index in [-0.39, 0.29) is 17.3 Å². The maximum atomic E-state index is 13.0. The summed E-state index contributed by atoms with van der Waals surface area (Å²) in [5, 5.41) is 2.69. The summed E-state index contributed by atoms with van der Waals surface area (Å²) in [5.41, 5.74) is -1.15. The minimum absolute atomic E-state index is 0.153. The molecule has 2 saturated heterocycles. The quantitative estimate of drug-likeness (QED) is 0.873. The second-order valence-corrected chi connectivity index (χ2v) is 7.96. The monoisotopic (exact) mass is 378 g/mol. The molecule has 3 rings (SSSR count). The lowest BCUT2D eigenvalue weighted by Crippen LogP contribution is -2.60. The van der Waals surface area contributed by atoms with E-state index >= 15 is 0 Å². The Kier molecular flexibility index (Phi) is 4.44. The minimum Gasteiger partial charge on any atom is -0.406 e. The number of nitrogens with zero attached hydrogens (tertiary/aromatic N) is 1. The van der Waals surface area contributed by atoms with Crippen LogP contribution < -0.4 is 10.1 Å². The average molecular weight is 378 g/mol. The summed E-state index contributed by atoms with van der Waals surface area (Å²) in [7, 11) is -4.13. The smallest absolute Gasteiger partial charge is 0.406 e. The van der Waals surface area contributed by atoms with Gasteiger partial charge in [0.2, 0.25) is 15.9 Å². The number of benzene rings is 1. The maximum Gasteiger partial charge on any atom is 0.573 e. The molecule has 0 aliphatic carbocycles. The van der Waals surface area contributed by atoms with E-state index in [1.807, 2.05) is 0 Å². The first kappa shape index (κ1) is 18.0. The predicted octanol–water partition coefficient (Wildman–Crippen LogP) is 2.02. The molecule has 2 fully saturated rings. The molecule has 1 aromatic rings. The minimum atomic E-state index is -4.92. The molecular weight excluding hydrogens is 361 g/mol. The highest BCUT2D eigenvalue weighted by molar-refractivity contribution is 7.89. The Morgan fingerprint density at radius 3 is 2.60 bits per heavy atom. The maximum absolute atomic E-state index is 13.0. The van der Waals surface area contributed by atoms with Crippen LogP contribution in [0, 0.1) is 0 Å². The zero-order valence-corrected chi connectivity index (χ0v) is 14.0. The fraction of sp³-hybridized carbons (Fsp3) is 0.533. The molecule has 25 heavy (non-hydrogen) atoms. The second-order valence-electron chi connectivity index (χ2n) is 6.09. The van der Waals surface area contributed by atoms with Crippen LogP contribution in [0.25, 0.3) is 0 Å². The van der Waals surface area contributed by atoms with Crippen molar-refractivity contribution in [2.24, 2.45) is 0 Å². The molecule has 6 nitrogen and oxygen atoms in total. The van der Waals surface area contributed by atoms with Crippen molar-refractivity contribution in [3.8, 4) is 5.75 Å². The standard InChI is InChI=1S/C15H17F3N2O4S/c16-15(17,18)24-11-4-1-5-12(10-11)25(22,23)20-9-3-7-14(20)6-2-8-19-13(14)21/h1,4-5,10H,2-3,6-9H2,(H,19,21). The van der Waals surface area contributed by atoms with Gasteiger partial charge in [-0.05, 0) is 37.8 Å². The summed E-state index contributed by atoms with van der Waals surface area (Å²) in [6.45, 7) is 0.642. The molecule has 1 unspecified atom stereocenters. The third kappa shape index (κ3) is 3.32. The highest BCUT2D eigenvalue weighted by Crippen LogP contribution is 2.40. The van der Waals surface area contributed by atoms with E-state index < -0.39 is 27.7 Å². The molecule has 0 saturated carbocycles. The Labute approximate surface area is 143 Å². The highest BCUT2D eigenvalue weighted by Gasteiger charge is 2.53. The van der Waals surface area contributed by atoms with Gasteiger partial charge in [0, 0.05) is 19.2 Å². The second kappa shape index (κ2) is 6.17. The predicted molar refractivity (Wildman–Crippen MR) is 81.2 cm³/mol. The van der Waals surface area contributed by atoms with Crippen molar-refractivity contribution in [3.63, 3.8) is 0 Å². The van der Waals surface area contributed by atoms with Gasteiger partial charge in [0.15, 0.2) is 0 Å². The topological polar surface area (TPSA) is 75.7 Å². The summed E-state index contributed by atoms with van der Waals surface area (Å²) in [6, 6.07) is 4.23. The third-order valence-electron chi connectivity index (χ3n) is 4.53. The number of sulfonamides is 1. The Balaban J connectivity index is 1.96. The van der Waals surface area contributed by atoms with E-state index in [1.165, 1.54) is 12.1 Å². The van der Waals surface area contributed by atoms with Gasteiger partial charge in [0.05, 0.1) is 4.90 Å². The molecule has 0 bridgehead atoms.